The predicted octanol–water partition coefficient (Wildman–Crippen LogP) is 4.20. The normalized spacial score (nSPS) is 11.8. The van der Waals surface area contributed by atoms with Gasteiger partial charge >= 0.3 is 0 Å². The molecule has 0 amide bonds. The number of aromatic nitrogens is 2. The second-order valence-corrected chi connectivity index (χ2v) is 6.70. The van der Waals surface area contributed by atoms with Gasteiger partial charge < -0.3 is 4.42 Å². The molecule has 0 aliphatic rings. The van der Waals surface area contributed by atoms with Crippen LogP contribution in [0.25, 0.3) is 0 Å². The Balaban J connectivity index is 1.62. The fourth-order valence-electron chi connectivity index (χ4n) is 2.30. The summed E-state index contributed by atoms with van der Waals surface area (Å²) >= 11 is 1.32. The number of aryl methyl sites for hydroxylation is 1. The number of benzene rings is 2. The van der Waals surface area contributed by atoms with Gasteiger partial charge in [0.25, 0.3) is 5.22 Å². The highest BCUT2D eigenvalue weighted by atomic mass is 32.2. The molecule has 0 aliphatic carbocycles. The molecule has 0 spiro atoms. The smallest absolute Gasteiger partial charge is 0.277 e. The van der Waals surface area contributed by atoms with Crippen LogP contribution >= 0.6 is 11.8 Å². The van der Waals surface area contributed by atoms with Crippen LogP contribution in [-0.4, -0.2) is 15.4 Å². The van der Waals surface area contributed by atoms with E-state index < -0.39 is 0 Å². The second kappa shape index (κ2) is 7.80. The Labute approximate surface area is 145 Å². The summed E-state index contributed by atoms with van der Waals surface area (Å²) in [5, 5.41) is 17.7. The fourth-order valence-corrected chi connectivity index (χ4v) is 3.11. The van der Waals surface area contributed by atoms with Crippen molar-refractivity contribution in [2.24, 2.45) is 0 Å². The van der Waals surface area contributed by atoms with Crippen molar-refractivity contribution in [3.8, 4) is 6.07 Å². The third kappa shape index (κ3) is 4.46. The first-order chi connectivity index (χ1) is 11.7. The van der Waals surface area contributed by atoms with Gasteiger partial charge in [-0.05, 0) is 36.2 Å². The third-order valence-electron chi connectivity index (χ3n) is 3.58. The van der Waals surface area contributed by atoms with Crippen LogP contribution < -0.4 is 0 Å². The van der Waals surface area contributed by atoms with Crippen molar-refractivity contribution in [1.29, 1.82) is 5.26 Å². The number of rotatable bonds is 6. The van der Waals surface area contributed by atoms with Gasteiger partial charge in [0.05, 0.1) is 12.5 Å². The van der Waals surface area contributed by atoms with Crippen LogP contribution in [0.2, 0.25) is 0 Å². The molecule has 0 saturated heterocycles. The van der Waals surface area contributed by atoms with Gasteiger partial charge in [-0.1, -0.05) is 60.2 Å². The Morgan fingerprint density at radius 3 is 2.50 bits per heavy atom. The van der Waals surface area contributed by atoms with E-state index in [1.165, 1.54) is 17.3 Å². The summed E-state index contributed by atoms with van der Waals surface area (Å²) < 4.78 is 5.67. The van der Waals surface area contributed by atoms with Gasteiger partial charge in [0, 0.05) is 0 Å². The van der Waals surface area contributed by atoms with Crippen LogP contribution in [0.5, 0.6) is 0 Å². The number of hydrogen-bond acceptors (Lipinski definition) is 5. The third-order valence-corrected chi connectivity index (χ3v) is 4.50. The van der Waals surface area contributed by atoms with E-state index in [0.29, 0.717) is 24.0 Å². The summed E-state index contributed by atoms with van der Waals surface area (Å²) in [6.45, 7) is 2.05. The highest BCUT2D eigenvalue weighted by Crippen LogP contribution is 2.25. The van der Waals surface area contributed by atoms with Gasteiger partial charge in [0.15, 0.2) is 0 Å². The number of hydrogen-bond donors (Lipinski definition) is 0. The van der Waals surface area contributed by atoms with Crippen molar-refractivity contribution in [3.05, 3.63) is 77.2 Å². The first-order valence-electron chi connectivity index (χ1n) is 7.71. The molecular formula is C19H17N3OS. The van der Waals surface area contributed by atoms with Crippen molar-refractivity contribution in [3.63, 3.8) is 0 Å². The Morgan fingerprint density at radius 1 is 1.04 bits per heavy atom. The maximum atomic E-state index is 9.38. The van der Waals surface area contributed by atoms with Gasteiger partial charge in [0.1, 0.15) is 5.25 Å². The van der Waals surface area contributed by atoms with Crippen LogP contribution in [0, 0.1) is 18.3 Å². The maximum absolute atomic E-state index is 9.38. The molecular weight excluding hydrogens is 318 g/mol. The summed E-state index contributed by atoms with van der Waals surface area (Å²) in [5.74, 6) is 0.565. The molecule has 1 unspecified atom stereocenters. The van der Waals surface area contributed by atoms with E-state index in [-0.39, 0.29) is 5.25 Å². The molecule has 0 bridgehead atoms. The van der Waals surface area contributed by atoms with E-state index in [2.05, 4.69) is 40.5 Å². The largest absolute Gasteiger partial charge is 0.416 e. The Bertz CT molecular complexity index is 822. The highest BCUT2D eigenvalue weighted by Gasteiger charge is 2.16. The minimum Gasteiger partial charge on any atom is -0.416 e. The molecule has 1 atom stereocenters. The minimum absolute atomic E-state index is 0.252. The van der Waals surface area contributed by atoms with Crippen LogP contribution in [0.15, 0.2) is 64.2 Å². The van der Waals surface area contributed by atoms with E-state index in [1.54, 1.807) is 0 Å². The minimum atomic E-state index is -0.252. The molecule has 120 valence electrons. The lowest BCUT2D eigenvalue weighted by atomic mass is 10.1. The number of nitriles is 1. The Kier molecular flexibility index (Phi) is 5.29. The highest BCUT2D eigenvalue weighted by molar-refractivity contribution is 7.99. The quantitative estimate of drug-likeness (QED) is 0.632. The Morgan fingerprint density at radius 2 is 1.79 bits per heavy atom. The first kappa shape index (κ1) is 16.3. The van der Waals surface area contributed by atoms with E-state index in [4.69, 9.17) is 4.42 Å². The first-order valence-corrected chi connectivity index (χ1v) is 8.59. The fraction of sp³-hybridized carbons (Fsp3) is 0.211. The standard InChI is InChI=1S/C19H17N3OS/c1-14-7-9-16(10-8-14)11-17(13-20)24-19-22-21-18(23-19)12-15-5-3-2-4-6-15/h2-10,17H,11-12H2,1H3. The molecule has 1 heterocycles. The molecule has 0 fully saturated rings. The molecule has 0 aliphatic heterocycles. The molecule has 3 rings (SSSR count). The van der Waals surface area contributed by atoms with Crippen LogP contribution in [0.3, 0.4) is 0 Å². The average molecular weight is 335 g/mol. The summed E-state index contributed by atoms with van der Waals surface area (Å²) in [4.78, 5) is 0. The molecule has 5 heteroatoms. The summed E-state index contributed by atoms with van der Waals surface area (Å²) in [5.41, 5.74) is 3.46. The molecule has 3 aromatic rings. The monoisotopic (exact) mass is 335 g/mol. The summed E-state index contributed by atoms with van der Waals surface area (Å²) in [6.07, 6.45) is 1.25. The molecule has 24 heavy (non-hydrogen) atoms. The number of nitrogens with zero attached hydrogens (tertiary/aromatic N) is 3. The van der Waals surface area contributed by atoms with E-state index in [1.807, 2.05) is 37.3 Å². The maximum Gasteiger partial charge on any atom is 0.277 e. The van der Waals surface area contributed by atoms with Gasteiger partial charge in [0.2, 0.25) is 5.89 Å². The SMILES string of the molecule is Cc1ccc(CC(C#N)Sc2nnc(Cc3ccccc3)o2)cc1. The van der Waals surface area contributed by atoms with Crippen molar-refractivity contribution in [2.75, 3.05) is 0 Å². The van der Waals surface area contributed by atoms with E-state index in [0.717, 1.165) is 11.1 Å². The van der Waals surface area contributed by atoms with E-state index in [9.17, 15) is 5.26 Å². The summed E-state index contributed by atoms with van der Waals surface area (Å²) in [7, 11) is 0. The average Bonchev–Trinajstić information content (AvgIpc) is 3.04. The molecule has 4 nitrogen and oxygen atoms in total. The van der Waals surface area contributed by atoms with Crippen LogP contribution in [0.1, 0.15) is 22.6 Å². The zero-order valence-electron chi connectivity index (χ0n) is 13.3. The predicted molar refractivity (Wildman–Crippen MR) is 93.7 cm³/mol. The lowest BCUT2D eigenvalue weighted by molar-refractivity contribution is 0.420. The van der Waals surface area contributed by atoms with E-state index >= 15 is 0 Å². The molecule has 0 N–H and O–H groups in total. The lowest BCUT2D eigenvalue weighted by Gasteiger charge is -2.06. The van der Waals surface area contributed by atoms with Crippen molar-refractivity contribution in [1.82, 2.24) is 10.2 Å². The molecule has 2 aromatic carbocycles. The van der Waals surface area contributed by atoms with Gasteiger partial charge in [-0.3, -0.25) is 0 Å². The van der Waals surface area contributed by atoms with Crippen molar-refractivity contribution >= 4 is 11.8 Å². The second-order valence-electron chi connectivity index (χ2n) is 5.55. The van der Waals surface area contributed by atoms with Crippen LogP contribution in [0.4, 0.5) is 0 Å². The van der Waals surface area contributed by atoms with Gasteiger partial charge in [-0.2, -0.15) is 5.26 Å². The number of thioether (sulfide) groups is 1. The lowest BCUT2D eigenvalue weighted by Crippen LogP contribution is -2.03. The summed E-state index contributed by atoms with van der Waals surface area (Å²) in [6, 6.07) is 20.5. The zero-order chi connectivity index (χ0) is 16.8. The Hall–Kier alpha value is -2.58. The molecule has 0 saturated carbocycles. The topological polar surface area (TPSA) is 62.7 Å². The van der Waals surface area contributed by atoms with Gasteiger partial charge in [-0.25, -0.2) is 0 Å². The molecule has 0 radical (unpaired) electrons. The zero-order valence-corrected chi connectivity index (χ0v) is 14.2. The van der Waals surface area contributed by atoms with Crippen molar-refractivity contribution < 1.29 is 4.42 Å². The van der Waals surface area contributed by atoms with Crippen LogP contribution in [-0.2, 0) is 12.8 Å². The van der Waals surface area contributed by atoms with Crippen molar-refractivity contribution in [2.45, 2.75) is 30.2 Å². The molecule has 1 aromatic heterocycles. The van der Waals surface area contributed by atoms with Gasteiger partial charge in [-0.15, -0.1) is 10.2 Å².